The number of aryl methyl sites for hydroxylation is 1. The molecule has 1 aliphatic heterocycles. The van der Waals surface area contributed by atoms with E-state index in [0.29, 0.717) is 28.4 Å². The van der Waals surface area contributed by atoms with Crippen LogP contribution in [0, 0.1) is 6.92 Å². The van der Waals surface area contributed by atoms with E-state index in [1.54, 1.807) is 60.7 Å². The van der Waals surface area contributed by atoms with Crippen LogP contribution in [0.3, 0.4) is 0 Å². The fourth-order valence-electron chi connectivity index (χ4n) is 3.26. The van der Waals surface area contributed by atoms with Crippen molar-refractivity contribution in [3.05, 3.63) is 94.7 Å². The summed E-state index contributed by atoms with van der Waals surface area (Å²) in [5, 5.41) is 2.65. The molecule has 7 nitrogen and oxygen atoms in total. The Morgan fingerprint density at radius 3 is 2.36 bits per heavy atom. The van der Waals surface area contributed by atoms with Gasteiger partial charge in [-0.3, -0.25) is 9.59 Å². The van der Waals surface area contributed by atoms with E-state index in [9.17, 15) is 14.4 Å². The molecular weight excluding hydrogens is 444 g/mol. The minimum Gasteiger partial charge on any atom is -0.497 e. The number of anilines is 2. The number of amides is 2. The first-order chi connectivity index (χ1) is 15.9. The highest BCUT2D eigenvalue weighted by atomic mass is 35.5. The number of carbonyl (C=O) groups excluding carboxylic acids is 3. The summed E-state index contributed by atoms with van der Waals surface area (Å²) in [5.41, 5.74) is 1.93. The molecule has 3 aromatic carbocycles. The Kier molecular flexibility index (Phi) is 6.15. The number of benzene rings is 3. The number of methoxy groups -OCH3 is 1. The molecule has 1 heterocycles. The third-order valence-electron chi connectivity index (χ3n) is 5.03. The van der Waals surface area contributed by atoms with Crippen molar-refractivity contribution in [2.45, 2.75) is 6.92 Å². The molecule has 0 radical (unpaired) electrons. The fourth-order valence-corrected chi connectivity index (χ4v) is 3.47. The highest BCUT2D eigenvalue weighted by molar-refractivity contribution is 6.53. The standard InChI is InChI=1S/C25H19ClN2O5/c1-15-6-3-4-9-20(15)33-25(31)16-10-12-17(13-11-16)27-22-21(26)23(29)28(24(22)30)18-7-5-8-19(14-18)32-2/h3-14,27H,1-2H3. The Labute approximate surface area is 195 Å². The molecule has 0 unspecified atom stereocenters. The minimum absolute atomic E-state index is 0.0558. The third kappa shape index (κ3) is 4.44. The largest absolute Gasteiger partial charge is 0.497 e. The molecule has 0 aromatic heterocycles. The first kappa shape index (κ1) is 22.1. The summed E-state index contributed by atoms with van der Waals surface area (Å²) in [6.45, 7) is 1.85. The second-order valence-corrected chi connectivity index (χ2v) is 7.57. The molecule has 0 saturated carbocycles. The van der Waals surface area contributed by atoms with Crippen LogP contribution in [-0.2, 0) is 9.59 Å². The van der Waals surface area contributed by atoms with Crippen molar-refractivity contribution in [2.75, 3.05) is 17.3 Å². The highest BCUT2D eigenvalue weighted by Crippen LogP contribution is 2.31. The van der Waals surface area contributed by atoms with Crippen LogP contribution >= 0.6 is 11.6 Å². The van der Waals surface area contributed by atoms with Gasteiger partial charge in [0, 0.05) is 11.8 Å². The molecule has 4 rings (SSSR count). The number of carbonyl (C=O) groups is 3. The van der Waals surface area contributed by atoms with Gasteiger partial charge in [-0.2, -0.15) is 0 Å². The maximum absolute atomic E-state index is 12.9. The zero-order valence-electron chi connectivity index (χ0n) is 17.8. The first-order valence-corrected chi connectivity index (χ1v) is 10.3. The summed E-state index contributed by atoms with van der Waals surface area (Å²) in [6, 6.07) is 20.1. The Morgan fingerprint density at radius 1 is 0.939 bits per heavy atom. The molecule has 1 aliphatic rings. The average molecular weight is 463 g/mol. The van der Waals surface area contributed by atoms with E-state index >= 15 is 0 Å². The summed E-state index contributed by atoms with van der Waals surface area (Å²) in [6.07, 6.45) is 0. The van der Waals surface area contributed by atoms with Crippen LogP contribution in [0.25, 0.3) is 0 Å². The Bertz CT molecular complexity index is 1280. The lowest BCUT2D eigenvalue weighted by molar-refractivity contribution is -0.120. The van der Waals surface area contributed by atoms with Crippen LogP contribution in [0.2, 0.25) is 0 Å². The number of hydrogen-bond donors (Lipinski definition) is 1. The van der Waals surface area contributed by atoms with Crippen LogP contribution in [0.1, 0.15) is 15.9 Å². The van der Waals surface area contributed by atoms with Gasteiger partial charge in [0.2, 0.25) is 0 Å². The number of imide groups is 1. The van der Waals surface area contributed by atoms with Crippen molar-refractivity contribution in [3.8, 4) is 11.5 Å². The van der Waals surface area contributed by atoms with E-state index in [-0.39, 0.29) is 10.7 Å². The lowest BCUT2D eigenvalue weighted by Gasteiger charge is -2.16. The van der Waals surface area contributed by atoms with Crippen LogP contribution in [-0.4, -0.2) is 24.9 Å². The predicted octanol–water partition coefficient (Wildman–Crippen LogP) is 4.66. The summed E-state index contributed by atoms with van der Waals surface area (Å²) < 4.78 is 10.6. The van der Waals surface area contributed by atoms with E-state index in [1.165, 1.54) is 7.11 Å². The second-order valence-electron chi connectivity index (χ2n) is 7.19. The molecule has 1 N–H and O–H groups in total. The number of hydrogen-bond acceptors (Lipinski definition) is 6. The normalized spacial score (nSPS) is 13.4. The lowest BCUT2D eigenvalue weighted by Crippen LogP contribution is -2.32. The molecular formula is C25H19ClN2O5. The van der Waals surface area contributed by atoms with E-state index in [1.807, 2.05) is 19.1 Å². The van der Waals surface area contributed by atoms with Gasteiger partial charge in [-0.15, -0.1) is 0 Å². The quantitative estimate of drug-likeness (QED) is 0.326. The van der Waals surface area contributed by atoms with Gasteiger partial charge in [0.05, 0.1) is 18.4 Å². The zero-order chi connectivity index (χ0) is 23.5. The van der Waals surface area contributed by atoms with E-state index in [2.05, 4.69) is 5.32 Å². The van der Waals surface area contributed by atoms with E-state index in [0.717, 1.165) is 10.5 Å². The smallest absolute Gasteiger partial charge is 0.343 e. The summed E-state index contributed by atoms with van der Waals surface area (Å²) in [4.78, 5) is 39.0. The molecule has 0 saturated heterocycles. The maximum atomic E-state index is 12.9. The fraction of sp³-hybridized carbons (Fsp3) is 0.0800. The summed E-state index contributed by atoms with van der Waals surface area (Å²) in [7, 11) is 1.49. The maximum Gasteiger partial charge on any atom is 0.343 e. The van der Waals surface area contributed by atoms with Gasteiger partial charge in [0.1, 0.15) is 22.2 Å². The average Bonchev–Trinajstić information content (AvgIpc) is 3.04. The summed E-state index contributed by atoms with van der Waals surface area (Å²) >= 11 is 6.18. The van der Waals surface area contributed by atoms with E-state index < -0.39 is 17.8 Å². The predicted molar refractivity (Wildman–Crippen MR) is 125 cm³/mol. The Balaban J connectivity index is 1.49. The van der Waals surface area contributed by atoms with Crippen LogP contribution in [0.15, 0.2) is 83.5 Å². The van der Waals surface area contributed by atoms with Crippen molar-refractivity contribution in [2.24, 2.45) is 0 Å². The molecule has 0 fully saturated rings. The highest BCUT2D eigenvalue weighted by Gasteiger charge is 2.39. The number of esters is 1. The van der Waals surface area contributed by atoms with Gasteiger partial charge in [-0.1, -0.05) is 35.9 Å². The molecule has 166 valence electrons. The van der Waals surface area contributed by atoms with E-state index in [4.69, 9.17) is 21.1 Å². The van der Waals surface area contributed by atoms with Crippen molar-refractivity contribution in [1.82, 2.24) is 0 Å². The zero-order valence-corrected chi connectivity index (χ0v) is 18.6. The van der Waals surface area contributed by atoms with Gasteiger partial charge >= 0.3 is 5.97 Å². The number of rotatable bonds is 6. The van der Waals surface area contributed by atoms with Gasteiger partial charge in [-0.25, -0.2) is 9.69 Å². The number of nitrogens with zero attached hydrogens (tertiary/aromatic N) is 1. The molecule has 0 atom stereocenters. The Morgan fingerprint density at radius 2 is 1.67 bits per heavy atom. The number of ether oxygens (including phenoxy) is 2. The monoisotopic (exact) mass is 462 g/mol. The second kappa shape index (κ2) is 9.18. The minimum atomic E-state index is -0.643. The number of para-hydroxylation sites is 1. The van der Waals surface area contributed by atoms with Crippen molar-refractivity contribution in [1.29, 1.82) is 0 Å². The van der Waals surface area contributed by atoms with Crippen molar-refractivity contribution < 1.29 is 23.9 Å². The van der Waals surface area contributed by atoms with Crippen LogP contribution in [0.5, 0.6) is 11.5 Å². The molecule has 0 aliphatic carbocycles. The summed E-state index contributed by atoms with van der Waals surface area (Å²) in [5.74, 6) is -0.769. The molecule has 2 amide bonds. The van der Waals surface area contributed by atoms with Gasteiger partial charge in [0.25, 0.3) is 11.8 Å². The van der Waals surface area contributed by atoms with Gasteiger partial charge < -0.3 is 14.8 Å². The van der Waals surface area contributed by atoms with Crippen molar-refractivity contribution in [3.63, 3.8) is 0 Å². The topological polar surface area (TPSA) is 84.9 Å². The molecule has 0 bridgehead atoms. The number of halogens is 1. The molecule has 3 aromatic rings. The first-order valence-electron chi connectivity index (χ1n) is 9.96. The van der Waals surface area contributed by atoms with Gasteiger partial charge in [-0.05, 0) is 55.0 Å². The SMILES string of the molecule is COc1cccc(N2C(=O)C(Cl)=C(Nc3ccc(C(=O)Oc4ccccc4C)cc3)C2=O)c1. The van der Waals surface area contributed by atoms with Crippen molar-refractivity contribution >= 4 is 40.8 Å². The number of nitrogens with one attached hydrogen (secondary N) is 1. The third-order valence-corrected chi connectivity index (χ3v) is 5.38. The molecule has 0 spiro atoms. The lowest BCUT2D eigenvalue weighted by atomic mass is 10.2. The van der Waals surface area contributed by atoms with Crippen LogP contribution in [0.4, 0.5) is 11.4 Å². The molecule has 33 heavy (non-hydrogen) atoms. The Hall–Kier alpha value is -4.10. The molecule has 8 heteroatoms. The van der Waals surface area contributed by atoms with Gasteiger partial charge in [0.15, 0.2) is 0 Å². The van der Waals surface area contributed by atoms with Crippen LogP contribution < -0.4 is 19.7 Å².